The van der Waals surface area contributed by atoms with Crippen molar-refractivity contribution in [3.05, 3.63) is 38.5 Å². The Labute approximate surface area is 128 Å². The molecule has 0 fully saturated rings. The van der Waals surface area contributed by atoms with Gasteiger partial charge in [-0.25, -0.2) is 9.98 Å². The van der Waals surface area contributed by atoms with Crippen LogP contribution in [0.2, 0.25) is 0 Å². The molecule has 0 bridgehead atoms. The zero-order valence-electron chi connectivity index (χ0n) is 11.8. The number of aromatic nitrogens is 1. The summed E-state index contributed by atoms with van der Waals surface area (Å²) >= 11 is 3.46. The fourth-order valence-electron chi connectivity index (χ4n) is 1.65. The number of rotatable bonds is 6. The summed E-state index contributed by atoms with van der Waals surface area (Å²) < 4.78 is 0. The van der Waals surface area contributed by atoms with Gasteiger partial charge in [-0.15, -0.1) is 11.3 Å². The van der Waals surface area contributed by atoms with E-state index in [9.17, 15) is 0 Å². The molecule has 0 aliphatic heterocycles. The molecule has 2 N–H and O–H groups in total. The molecule has 0 radical (unpaired) electrons. The quantitative estimate of drug-likeness (QED) is 0.637. The molecule has 0 spiro atoms. The van der Waals surface area contributed by atoms with E-state index < -0.39 is 0 Å². The predicted molar refractivity (Wildman–Crippen MR) is 87.5 cm³/mol. The Morgan fingerprint density at radius 1 is 1.35 bits per heavy atom. The maximum atomic E-state index is 4.58. The molecule has 0 atom stereocenters. The third kappa shape index (κ3) is 4.61. The maximum Gasteiger partial charge on any atom is 0.191 e. The van der Waals surface area contributed by atoms with Gasteiger partial charge in [-0.1, -0.05) is 6.92 Å². The number of nitrogens with zero attached hydrogens (tertiary/aromatic N) is 2. The fourth-order valence-corrected chi connectivity index (χ4v) is 3.11. The van der Waals surface area contributed by atoms with Crippen LogP contribution in [0.15, 0.2) is 28.0 Å². The summed E-state index contributed by atoms with van der Waals surface area (Å²) in [6, 6.07) is 2.10. The molecule has 20 heavy (non-hydrogen) atoms. The smallest absolute Gasteiger partial charge is 0.191 e. The van der Waals surface area contributed by atoms with Crippen molar-refractivity contribution in [2.24, 2.45) is 4.99 Å². The summed E-state index contributed by atoms with van der Waals surface area (Å²) in [7, 11) is 0. The predicted octanol–water partition coefficient (Wildman–Crippen LogP) is 3.02. The second kappa shape index (κ2) is 8.01. The normalized spacial score (nSPS) is 11.6. The highest BCUT2D eigenvalue weighted by molar-refractivity contribution is 7.11. The minimum Gasteiger partial charge on any atom is -0.357 e. The van der Waals surface area contributed by atoms with Crippen LogP contribution in [0, 0.1) is 0 Å². The van der Waals surface area contributed by atoms with Crippen LogP contribution < -0.4 is 10.6 Å². The average molecular weight is 308 g/mol. The van der Waals surface area contributed by atoms with E-state index in [1.165, 1.54) is 10.4 Å². The van der Waals surface area contributed by atoms with Crippen LogP contribution in [0.3, 0.4) is 0 Å². The summed E-state index contributed by atoms with van der Waals surface area (Å²) in [5.41, 5.74) is 1.25. The minimum atomic E-state index is 0.705. The highest BCUT2D eigenvalue weighted by atomic mass is 32.1. The molecule has 6 heteroatoms. The van der Waals surface area contributed by atoms with Crippen molar-refractivity contribution in [3.8, 4) is 0 Å². The first-order valence-electron chi connectivity index (χ1n) is 6.78. The number of thiophene rings is 1. The van der Waals surface area contributed by atoms with Gasteiger partial charge in [0.25, 0.3) is 0 Å². The lowest BCUT2D eigenvalue weighted by molar-refractivity contribution is 0.812. The summed E-state index contributed by atoms with van der Waals surface area (Å²) in [6.45, 7) is 6.50. The van der Waals surface area contributed by atoms with Crippen LogP contribution in [0.4, 0.5) is 0 Å². The van der Waals surface area contributed by atoms with Crippen LogP contribution in [-0.4, -0.2) is 17.5 Å². The molecule has 0 amide bonds. The zero-order valence-corrected chi connectivity index (χ0v) is 13.5. The number of aryl methyl sites for hydroxylation is 1. The number of thiazole rings is 1. The van der Waals surface area contributed by atoms with E-state index in [0.29, 0.717) is 6.54 Å². The number of guanidine groups is 1. The fraction of sp³-hybridized carbons (Fsp3) is 0.429. The molecule has 0 saturated heterocycles. The van der Waals surface area contributed by atoms with E-state index in [2.05, 4.69) is 51.3 Å². The average Bonchev–Trinajstić information content (AvgIpc) is 3.13. The first kappa shape index (κ1) is 15.0. The standard InChI is InChI=1S/C14H20N4S2/c1-3-12-8-16-13(20-12)9-18-14(15-4-2)17-7-11-5-6-19-10-11/h5-6,8,10H,3-4,7,9H2,1-2H3,(H2,15,17,18). The van der Waals surface area contributed by atoms with Crippen LogP contribution in [0.5, 0.6) is 0 Å². The third-order valence-electron chi connectivity index (χ3n) is 2.70. The zero-order chi connectivity index (χ0) is 14.2. The lowest BCUT2D eigenvalue weighted by Gasteiger charge is -2.09. The molecule has 4 nitrogen and oxygen atoms in total. The first-order chi connectivity index (χ1) is 9.81. The Hall–Kier alpha value is -1.40. The van der Waals surface area contributed by atoms with Crippen LogP contribution >= 0.6 is 22.7 Å². The Kier molecular flexibility index (Phi) is 6.01. The third-order valence-corrected chi connectivity index (χ3v) is 4.57. The largest absolute Gasteiger partial charge is 0.357 e. The molecule has 0 saturated carbocycles. The number of hydrogen-bond donors (Lipinski definition) is 2. The van der Waals surface area contributed by atoms with Crippen molar-refractivity contribution in [2.75, 3.05) is 6.54 Å². The molecule has 0 aliphatic carbocycles. The SMILES string of the molecule is CCNC(=NCc1ccsc1)NCc1ncc(CC)s1. The molecule has 2 aromatic rings. The molecule has 0 unspecified atom stereocenters. The van der Waals surface area contributed by atoms with E-state index in [-0.39, 0.29) is 0 Å². The maximum absolute atomic E-state index is 4.58. The number of hydrogen-bond acceptors (Lipinski definition) is 4. The van der Waals surface area contributed by atoms with Gasteiger partial charge in [0.15, 0.2) is 5.96 Å². The van der Waals surface area contributed by atoms with Crippen LogP contribution in [0.1, 0.15) is 29.3 Å². The van der Waals surface area contributed by atoms with Crippen molar-refractivity contribution in [1.29, 1.82) is 0 Å². The Balaban J connectivity index is 1.89. The molecule has 108 valence electrons. The summed E-state index contributed by atoms with van der Waals surface area (Å²) in [5.74, 6) is 0.840. The van der Waals surface area contributed by atoms with Crippen molar-refractivity contribution in [3.63, 3.8) is 0 Å². The second-order valence-electron chi connectivity index (χ2n) is 4.25. The minimum absolute atomic E-state index is 0.705. The summed E-state index contributed by atoms with van der Waals surface area (Å²) in [5, 5.41) is 11.9. The van der Waals surface area contributed by atoms with Gasteiger partial charge in [0.05, 0.1) is 13.1 Å². The Morgan fingerprint density at radius 2 is 2.25 bits per heavy atom. The van der Waals surface area contributed by atoms with Crippen molar-refractivity contribution >= 4 is 28.6 Å². The number of nitrogens with one attached hydrogen (secondary N) is 2. The van der Waals surface area contributed by atoms with Crippen LogP contribution in [0.25, 0.3) is 0 Å². The molecule has 2 aromatic heterocycles. The van der Waals surface area contributed by atoms with Gasteiger partial charge < -0.3 is 10.6 Å². The Bertz CT molecular complexity index is 531. The van der Waals surface area contributed by atoms with Gasteiger partial charge in [-0.2, -0.15) is 11.3 Å². The van der Waals surface area contributed by atoms with E-state index in [4.69, 9.17) is 0 Å². The van der Waals surface area contributed by atoms with Crippen molar-refractivity contribution in [1.82, 2.24) is 15.6 Å². The number of aliphatic imine (C=N–C) groups is 1. The first-order valence-corrected chi connectivity index (χ1v) is 8.54. The second-order valence-corrected chi connectivity index (χ2v) is 6.23. The Morgan fingerprint density at radius 3 is 2.90 bits per heavy atom. The van der Waals surface area contributed by atoms with Gasteiger partial charge in [-0.05, 0) is 35.7 Å². The van der Waals surface area contributed by atoms with Gasteiger partial charge in [-0.3, -0.25) is 0 Å². The van der Waals surface area contributed by atoms with Gasteiger partial charge in [0.2, 0.25) is 0 Å². The lowest BCUT2D eigenvalue weighted by atomic mass is 10.3. The lowest BCUT2D eigenvalue weighted by Crippen LogP contribution is -2.36. The van der Waals surface area contributed by atoms with Gasteiger partial charge >= 0.3 is 0 Å². The molecular formula is C14H20N4S2. The molecule has 0 aliphatic rings. The molecule has 2 heterocycles. The summed E-state index contributed by atoms with van der Waals surface area (Å²) in [4.78, 5) is 10.3. The molecule has 2 rings (SSSR count). The summed E-state index contributed by atoms with van der Waals surface area (Å²) in [6.07, 6.45) is 3.00. The monoisotopic (exact) mass is 308 g/mol. The highest BCUT2D eigenvalue weighted by Crippen LogP contribution is 2.12. The molecular weight excluding hydrogens is 288 g/mol. The van der Waals surface area contributed by atoms with E-state index in [0.717, 1.165) is 30.5 Å². The van der Waals surface area contributed by atoms with Crippen molar-refractivity contribution in [2.45, 2.75) is 33.4 Å². The van der Waals surface area contributed by atoms with Crippen LogP contribution in [-0.2, 0) is 19.5 Å². The van der Waals surface area contributed by atoms with Gasteiger partial charge in [0, 0.05) is 17.6 Å². The highest BCUT2D eigenvalue weighted by Gasteiger charge is 2.02. The van der Waals surface area contributed by atoms with E-state index in [1.54, 1.807) is 22.7 Å². The topological polar surface area (TPSA) is 49.3 Å². The van der Waals surface area contributed by atoms with E-state index >= 15 is 0 Å². The van der Waals surface area contributed by atoms with Gasteiger partial charge in [0.1, 0.15) is 5.01 Å². The van der Waals surface area contributed by atoms with E-state index in [1.807, 2.05) is 6.20 Å². The molecule has 0 aromatic carbocycles. The van der Waals surface area contributed by atoms with Crippen molar-refractivity contribution < 1.29 is 0 Å².